The summed E-state index contributed by atoms with van der Waals surface area (Å²) < 4.78 is 4.75. The van der Waals surface area contributed by atoms with Crippen LogP contribution in [0, 0.1) is 0 Å². The summed E-state index contributed by atoms with van der Waals surface area (Å²) in [6, 6.07) is -1.52. The first-order chi connectivity index (χ1) is 9.02. The van der Waals surface area contributed by atoms with E-state index in [2.05, 4.69) is 15.5 Å². The summed E-state index contributed by atoms with van der Waals surface area (Å²) in [4.78, 5) is 24.8. The molecule has 110 valence electrons. The maximum Gasteiger partial charge on any atom is 0.328 e. The van der Waals surface area contributed by atoms with Gasteiger partial charge in [0, 0.05) is 19.7 Å². The normalized spacial score (nSPS) is 18.8. The highest BCUT2D eigenvalue weighted by atomic mass is 16.5. The van der Waals surface area contributed by atoms with Crippen molar-refractivity contribution in [1.29, 1.82) is 0 Å². The highest BCUT2D eigenvalue weighted by molar-refractivity contribution is 5.82. The van der Waals surface area contributed by atoms with Crippen molar-refractivity contribution in [2.24, 2.45) is 0 Å². The van der Waals surface area contributed by atoms with Gasteiger partial charge in [0.1, 0.15) is 0 Å². The minimum atomic E-state index is -1.11. The van der Waals surface area contributed by atoms with E-state index in [4.69, 9.17) is 9.84 Å². The number of amides is 2. The smallest absolute Gasteiger partial charge is 0.328 e. The van der Waals surface area contributed by atoms with Crippen LogP contribution in [-0.4, -0.2) is 67.4 Å². The third-order valence-corrected chi connectivity index (χ3v) is 3.04. The number of hydrogen-bond acceptors (Lipinski definition) is 4. The standard InChI is InChI=1S/C12H23N3O4/c1-9(7-15-5-3-4-6-15)13-12(18)14-10(8-19-2)11(16)17/h9-10H,3-8H2,1-2H3,(H,16,17)(H2,13,14,18). The van der Waals surface area contributed by atoms with Crippen LogP contribution in [0.25, 0.3) is 0 Å². The number of carboxylic acid groups (broad SMARTS) is 1. The summed E-state index contributed by atoms with van der Waals surface area (Å²) in [6.45, 7) is 4.77. The second-order valence-electron chi connectivity index (χ2n) is 4.87. The molecule has 1 saturated heterocycles. The van der Waals surface area contributed by atoms with Crippen LogP contribution in [0.3, 0.4) is 0 Å². The lowest BCUT2D eigenvalue weighted by Gasteiger charge is -2.22. The number of hydrogen-bond donors (Lipinski definition) is 3. The number of rotatable bonds is 7. The average molecular weight is 273 g/mol. The van der Waals surface area contributed by atoms with Crippen LogP contribution in [0.4, 0.5) is 4.79 Å². The Morgan fingerprint density at radius 1 is 1.32 bits per heavy atom. The number of ether oxygens (including phenoxy) is 1. The molecular weight excluding hydrogens is 250 g/mol. The molecule has 2 unspecified atom stereocenters. The van der Waals surface area contributed by atoms with Crippen molar-refractivity contribution in [1.82, 2.24) is 15.5 Å². The molecule has 7 nitrogen and oxygen atoms in total. The van der Waals surface area contributed by atoms with Gasteiger partial charge >= 0.3 is 12.0 Å². The van der Waals surface area contributed by atoms with Gasteiger partial charge in [0.05, 0.1) is 6.61 Å². The monoisotopic (exact) mass is 273 g/mol. The van der Waals surface area contributed by atoms with Crippen LogP contribution in [-0.2, 0) is 9.53 Å². The summed E-state index contributed by atoms with van der Waals surface area (Å²) in [5, 5.41) is 14.0. The van der Waals surface area contributed by atoms with Crippen LogP contribution in [0.5, 0.6) is 0 Å². The van der Waals surface area contributed by atoms with Crippen molar-refractivity contribution in [3.8, 4) is 0 Å². The van der Waals surface area contributed by atoms with Gasteiger partial charge in [-0.2, -0.15) is 0 Å². The van der Waals surface area contributed by atoms with Gasteiger partial charge in [0.15, 0.2) is 6.04 Å². The fourth-order valence-corrected chi connectivity index (χ4v) is 2.16. The van der Waals surface area contributed by atoms with Crippen molar-refractivity contribution < 1.29 is 19.4 Å². The zero-order chi connectivity index (χ0) is 14.3. The van der Waals surface area contributed by atoms with Gasteiger partial charge < -0.3 is 25.4 Å². The second-order valence-corrected chi connectivity index (χ2v) is 4.87. The number of methoxy groups -OCH3 is 1. The topological polar surface area (TPSA) is 90.9 Å². The van der Waals surface area contributed by atoms with Crippen molar-refractivity contribution in [3.63, 3.8) is 0 Å². The lowest BCUT2D eigenvalue weighted by atomic mass is 10.3. The van der Waals surface area contributed by atoms with Gasteiger partial charge in [-0.25, -0.2) is 9.59 Å². The number of nitrogens with zero attached hydrogens (tertiary/aromatic N) is 1. The average Bonchev–Trinajstić information content (AvgIpc) is 2.80. The van der Waals surface area contributed by atoms with Crippen LogP contribution in [0.2, 0.25) is 0 Å². The van der Waals surface area contributed by atoms with E-state index in [0.717, 1.165) is 19.6 Å². The van der Waals surface area contributed by atoms with E-state index in [-0.39, 0.29) is 12.6 Å². The number of likely N-dealkylation sites (tertiary alicyclic amines) is 1. The molecule has 7 heteroatoms. The van der Waals surface area contributed by atoms with Crippen molar-refractivity contribution in [3.05, 3.63) is 0 Å². The third kappa shape index (κ3) is 5.89. The Morgan fingerprint density at radius 3 is 2.47 bits per heavy atom. The van der Waals surface area contributed by atoms with Gasteiger partial charge in [-0.05, 0) is 32.9 Å². The van der Waals surface area contributed by atoms with Crippen LogP contribution >= 0.6 is 0 Å². The molecule has 0 bridgehead atoms. The summed E-state index contributed by atoms with van der Waals surface area (Å²) in [6.07, 6.45) is 2.40. The van der Waals surface area contributed by atoms with Crippen molar-refractivity contribution >= 4 is 12.0 Å². The number of carboxylic acids is 1. The molecule has 0 aromatic heterocycles. The molecule has 1 fully saturated rings. The number of urea groups is 1. The maximum absolute atomic E-state index is 11.7. The van der Waals surface area contributed by atoms with Crippen LogP contribution in [0.1, 0.15) is 19.8 Å². The SMILES string of the molecule is COCC(NC(=O)NC(C)CN1CCCC1)C(=O)O. The van der Waals surface area contributed by atoms with E-state index >= 15 is 0 Å². The van der Waals surface area contributed by atoms with Gasteiger partial charge in [-0.3, -0.25) is 0 Å². The first kappa shape index (κ1) is 15.7. The minimum absolute atomic E-state index is 0.0184. The molecule has 0 radical (unpaired) electrons. The Morgan fingerprint density at radius 2 is 1.95 bits per heavy atom. The zero-order valence-corrected chi connectivity index (χ0v) is 11.5. The highest BCUT2D eigenvalue weighted by Gasteiger charge is 2.21. The molecule has 1 aliphatic heterocycles. The Labute approximate surface area is 113 Å². The van der Waals surface area contributed by atoms with Crippen molar-refractivity contribution in [2.75, 3.05) is 33.4 Å². The predicted octanol–water partition coefficient (Wildman–Crippen LogP) is -0.130. The van der Waals surface area contributed by atoms with Crippen LogP contribution in [0.15, 0.2) is 0 Å². The first-order valence-corrected chi connectivity index (χ1v) is 6.54. The minimum Gasteiger partial charge on any atom is -0.480 e. The molecule has 2 atom stereocenters. The van der Waals surface area contributed by atoms with Crippen molar-refractivity contribution in [2.45, 2.75) is 31.8 Å². The molecule has 0 aromatic carbocycles. The largest absolute Gasteiger partial charge is 0.480 e. The van der Waals surface area contributed by atoms with Crippen LogP contribution < -0.4 is 10.6 Å². The Hall–Kier alpha value is -1.34. The molecule has 0 saturated carbocycles. The maximum atomic E-state index is 11.7. The number of carbonyl (C=O) groups is 2. The lowest BCUT2D eigenvalue weighted by molar-refractivity contribution is -0.140. The van der Waals surface area contributed by atoms with Gasteiger partial charge in [-0.15, -0.1) is 0 Å². The molecule has 1 rings (SSSR count). The molecule has 1 heterocycles. The summed E-state index contributed by atoms with van der Waals surface area (Å²) in [5.41, 5.74) is 0. The summed E-state index contributed by atoms with van der Waals surface area (Å²) in [5.74, 6) is -1.11. The Balaban J connectivity index is 2.29. The molecule has 2 amide bonds. The Bertz CT molecular complexity index is 305. The van der Waals surface area contributed by atoms with E-state index < -0.39 is 18.0 Å². The Kier molecular flexibility index (Phi) is 6.58. The zero-order valence-electron chi connectivity index (χ0n) is 11.5. The summed E-state index contributed by atoms with van der Waals surface area (Å²) in [7, 11) is 1.39. The highest BCUT2D eigenvalue weighted by Crippen LogP contribution is 2.07. The molecule has 3 N–H and O–H groups in total. The summed E-state index contributed by atoms with van der Waals surface area (Å²) >= 11 is 0. The lowest BCUT2D eigenvalue weighted by Crippen LogP contribution is -2.52. The molecular formula is C12H23N3O4. The van der Waals surface area contributed by atoms with Gasteiger partial charge in [0.25, 0.3) is 0 Å². The second kappa shape index (κ2) is 7.96. The molecule has 0 aliphatic carbocycles. The quantitative estimate of drug-likeness (QED) is 0.601. The number of aliphatic carboxylic acids is 1. The third-order valence-electron chi connectivity index (χ3n) is 3.04. The molecule has 19 heavy (non-hydrogen) atoms. The van der Waals surface area contributed by atoms with E-state index in [0.29, 0.717) is 0 Å². The fraction of sp³-hybridized carbons (Fsp3) is 0.833. The first-order valence-electron chi connectivity index (χ1n) is 6.54. The molecule has 1 aliphatic rings. The van der Waals surface area contributed by atoms with E-state index in [1.807, 2.05) is 6.92 Å². The van der Waals surface area contributed by atoms with E-state index in [9.17, 15) is 9.59 Å². The van der Waals surface area contributed by atoms with Gasteiger partial charge in [-0.1, -0.05) is 0 Å². The number of nitrogens with one attached hydrogen (secondary N) is 2. The van der Waals surface area contributed by atoms with Gasteiger partial charge in [0.2, 0.25) is 0 Å². The fourth-order valence-electron chi connectivity index (χ4n) is 2.16. The predicted molar refractivity (Wildman–Crippen MR) is 70.1 cm³/mol. The number of carbonyl (C=O) groups excluding carboxylic acids is 1. The molecule has 0 aromatic rings. The van der Waals surface area contributed by atoms with E-state index in [1.54, 1.807) is 0 Å². The van der Waals surface area contributed by atoms with E-state index in [1.165, 1.54) is 20.0 Å². The molecule has 0 spiro atoms.